The first-order chi connectivity index (χ1) is 17.6. The van der Waals surface area contributed by atoms with Gasteiger partial charge in [-0.1, -0.05) is 23.4 Å². The summed E-state index contributed by atoms with van der Waals surface area (Å²) in [6, 6.07) is 19.1. The molecule has 1 amide bonds. The van der Waals surface area contributed by atoms with E-state index < -0.39 is 0 Å². The molecule has 4 aromatic rings. The van der Waals surface area contributed by atoms with Crippen LogP contribution in [-0.4, -0.2) is 58.8 Å². The predicted molar refractivity (Wildman–Crippen MR) is 129 cm³/mol. The lowest BCUT2D eigenvalue weighted by Gasteiger charge is -2.34. The summed E-state index contributed by atoms with van der Waals surface area (Å²) in [5, 5.41) is 3.94. The number of carbonyl (C=O) groups is 1. The van der Waals surface area contributed by atoms with Crippen LogP contribution in [0.2, 0.25) is 0 Å². The molecule has 0 N–H and O–H groups in total. The molecule has 2 aliphatic heterocycles. The number of carbonyl (C=O) groups excluding carboxylic acids is 1. The second-order valence-electron chi connectivity index (χ2n) is 8.77. The van der Waals surface area contributed by atoms with Gasteiger partial charge in [0.05, 0.1) is 0 Å². The van der Waals surface area contributed by atoms with E-state index in [1.807, 2.05) is 17.0 Å². The molecule has 1 fully saturated rings. The molecule has 0 bridgehead atoms. The van der Waals surface area contributed by atoms with E-state index in [1.165, 1.54) is 12.1 Å². The molecule has 0 aliphatic carbocycles. The van der Waals surface area contributed by atoms with E-state index in [0.717, 1.165) is 36.7 Å². The lowest BCUT2D eigenvalue weighted by atomic mass is 10.1. The van der Waals surface area contributed by atoms with Crippen LogP contribution in [0.3, 0.4) is 0 Å². The van der Waals surface area contributed by atoms with E-state index >= 15 is 0 Å². The number of benzene rings is 3. The summed E-state index contributed by atoms with van der Waals surface area (Å²) in [6.45, 7) is 3.98. The molecule has 3 heterocycles. The third-order valence-corrected chi connectivity index (χ3v) is 6.39. The maximum Gasteiger partial charge on any atom is 0.258 e. The van der Waals surface area contributed by atoms with Crippen molar-refractivity contribution in [1.82, 2.24) is 19.9 Å². The molecule has 1 aromatic heterocycles. The molecule has 182 valence electrons. The van der Waals surface area contributed by atoms with E-state index in [9.17, 15) is 9.18 Å². The van der Waals surface area contributed by atoms with Crippen molar-refractivity contribution in [3.63, 3.8) is 0 Å². The number of halogens is 1. The first-order valence-corrected chi connectivity index (χ1v) is 11.7. The Bertz CT molecular complexity index is 1400. The minimum atomic E-state index is -0.365. The van der Waals surface area contributed by atoms with Crippen LogP contribution >= 0.6 is 0 Å². The number of fused-ring (bicyclic) bond motifs is 1. The lowest BCUT2D eigenvalue weighted by Crippen LogP contribution is -2.48. The summed E-state index contributed by atoms with van der Waals surface area (Å²) in [5.41, 5.74) is 2.99. The van der Waals surface area contributed by atoms with E-state index in [-0.39, 0.29) is 18.5 Å². The molecule has 0 unspecified atom stereocenters. The zero-order valence-corrected chi connectivity index (χ0v) is 19.4. The molecule has 6 rings (SSSR count). The van der Waals surface area contributed by atoms with Crippen LogP contribution in [0, 0.1) is 5.82 Å². The van der Waals surface area contributed by atoms with Gasteiger partial charge in [0.15, 0.2) is 11.5 Å². The molecule has 0 radical (unpaired) electrons. The number of rotatable bonds is 5. The maximum absolute atomic E-state index is 13.5. The van der Waals surface area contributed by atoms with Gasteiger partial charge < -0.3 is 18.9 Å². The van der Waals surface area contributed by atoms with Gasteiger partial charge in [-0.2, -0.15) is 4.98 Å². The Labute approximate surface area is 206 Å². The van der Waals surface area contributed by atoms with Crippen LogP contribution in [0.5, 0.6) is 11.5 Å². The van der Waals surface area contributed by atoms with Gasteiger partial charge >= 0.3 is 0 Å². The molecule has 0 spiro atoms. The van der Waals surface area contributed by atoms with Crippen LogP contribution in [0.4, 0.5) is 4.39 Å². The Morgan fingerprint density at radius 1 is 0.889 bits per heavy atom. The summed E-state index contributed by atoms with van der Waals surface area (Å²) in [6.07, 6.45) is 0. The summed E-state index contributed by atoms with van der Waals surface area (Å²) in [5.74, 6) is 1.82. The van der Waals surface area contributed by atoms with Crippen LogP contribution in [-0.2, 0) is 6.54 Å². The zero-order chi connectivity index (χ0) is 24.5. The Morgan fingerprint density at radius 2 is 1.69 bits per heavy atom. The highest BCUT2D eigenvalue weighted by Crippen LogP contribution is 2.33. The average molecular weight is 487 g/mol. The standard InChI is InChI=1S/C27H23FN4O4/c28-22-3-1-2-21(15-22)25-29-26(36-30-25)19-5-7-20(8-6-19)27(33)32-12-10-31(11-13-32)16-18-4-9-23-24(14-18)35-17-34-23/h1-9,14-15H,10-13,16-17H2. The van der Waals surface area contributed by atoms with Crippen molar-refractivity contribution < 1.29 is 23.2 Å². The molecule has 1 saturated heterocycles. The number of hydrogen-bond acceptors (Lipinski definition) is 7. The second-order valence-corrected chi connectivity index (χ2v) is 8.77. The molecule has 0 atom stereocenters. The van der Waals surface area contributed by atoms with Crippen molar-refractivity contribution >= 4 is 5.91 Å². The van der Waals surface area contributed by atoms with Crippen LogP contribution < -0.4 is 9.47 Å². The quantitative estimate of drug-likeness (QED) is 0.418. The molecule has 2 aliphatic rings. The molecule has 3 aromatic carbocycles. The molecule has 9 heteroatoms. The van der Waals surface area contributed by atoms with E-state index in [2.05, 4.69) is 21.1 Å². The lowest BCUT2D eigenvalue weighted by molar-refractivity contribution is 0.0628. The third-order valence-electron chi connectivity index (χ3n) is 6.39. The summed E-state index contributed by atoms with van der Waals surface area (Å²) >= 11 is 0. The van der Waals surface area contributed by atoms with Gasteiger partial charge in [-0.05, 0) is 54.1 Å². The molecule has 0 saturated carbocycles. The highest BCUT2D eigenvalue weighted by atomic mass is 19.1. The fourth-order valence-corrected chi connectivity index (χ4v) is 4.43. The normalized spacial score (nSPS) is 15.3. The number of nitrogens with zero attached hydrogens (tertiary/aromatic N) is 4. The second kappa shape index (κ2) is 9.43. The van der Waals surface area contributed by atoms with Crippen molar-refractivity contribution in [3.8, 4) is 34.3 Å². The number of aromatic nitrogens is 2. The van der Waals surface area contributed by atoms with Gasteiger partial charge in [-0.25, -0.2) is 4.39 Å². The van der Waals surface area contributed by atoms with Crippen LogP contribution in [0.1, 0.15) is 15.9 Å². The van der Waals surface area contributed by atoms with Crippen molar-refractivity contribution in [2.75, 3.05) is 33.0 Å². The largest absolute Gasteiger partial charge is 0.454 e. The van der Waals surface area contributed by atoms with Crippen molar-refractivity contribution in [3.05, 3.63) is 83.7 Å². The van der Waals surface area contributed by atoms with Gasteiger partial charge in [-0.3, -0.25) is 9.69 Å². The fraction of sp³-hybridized carbons (Fsp3) is 0.222. The molecular weight excluding hydrogens is 463 g/mol. The minimum Gasteiger partial charge on any atom is -0.454 e. The van der Waals surface area contributed by atoms with E-state index in [0.29, 0.717) is 41.5 Å². The van der Waals surface area contributed by atoms with Gasteiger partial charge in [0.1, 0.15) is 5.82 Å². The van der Waals surface area contributed by atoms with Gasteiger partial charge in [0.25, 0.3) is 11.8 Å². The number of amides is 1. The van der Waals surface area contributed by atoms with Crippen LogP contribution in [0.15, 0.2) is 71.3 Å². The smallest absolute Gasteiger partial charge is 0.258 e. The van der Waals surface area contributed by atoms with E-state index in [4.69, 9.17) is 14.0 Å². The molecule has 36 heavy (non-hydrogen) atoms. The predicted octanol–water partition coefficient (Wildman–Crippen LogP) is 4.23. The first kappa shape index (κ1) is 22.2. The monoisotopic (exact) mass is 486 g/mol. The van der Waals surface area contributed by atoms with Crippen molar-refractivity contribution in [2.45, 2.75) is 6.54 Å². The van der Waals surface area contributed by atoms with Crippen molar-refractivity contribution in [1.29, 1.82) is 0 Å². The minimum absolute atomic E-state index is 0.00439. The average Bonchev–Trinajstić information content (AvgIpc) is 3.59. The van der Waals surface area contributed by atoms with Gasteiger partial charge in [-0.15, -0.1) is 0 Å². The highest BCUT2D eigenvalue weighted by Gasteiger charge is 2.23. The van der Waals surface area contributed by atoms with Gasteiger partial charge in [0.2, 0.25) is 12.6 Å². The Morgan fingerprint density at radius 3 is 2.50 bits per heavy atom. The van der Waals surface area contributed by atoms with E-state index in [1.54, 1.807) is 36.4 Å². The molecular formula is C27H23FN4O4. The Balaban J connectivity index is 1.06. The Hall–Kier alpha value is -4.24. The fourth-order valence-electron chi connectivity index (χ4n) is 4.43. The number of piperazine rings is 1. The van der Waals surface area contributed by atoms with Crippen LogP contribution in [0.25, 0.3) is 22.8 Å². The SMILES string of the molecule is O=C(c1ccc(-c2nc(-c3cccc(F)c3)no2)cc1)N1CCN(Cc2ccc3c(c2)OCO3)CC1. The summed E-state index contributed by atoms with van der Waals surface area (Å²) < 4.78 is 29.7. The zero-order valence-electron chi connectivity index (χ0n) is 19.4. The number of hydrogen-bond donors (Lipinski definition) is 0. The highest BCUT2D eigenvalue weighted by molar-refractivity contribution is 5.94. The van der Waals surface area contributed by atoms with Gasteiger partial charge in [0, 0.05) is 49.4 Å². The Kier molecular flexibility index (Phi) is 5.82. The maximum atomic E-state index is 13.5. The summed E-state index contributed by atoms with van der Waals surface area (Å²) in [7, 11) is 0. The summed E-state index contributed by atoms with van der Waals surface area (Å²) in [4.78, 5) is 21.6. The topological polar surface area (TPSA) is 80.9 Å². The molecule has 8 nitrogen and oxygen atoms in total. The third kappa shape index (κ3) is 4.52. The number of ether oxygens (including phenoxy) is 2. The first-order valence-electron chi connectivity index (χ1n) is 11.7. The van der Waals surface area contributed by atoms with Crippen molar-refractivity contribution in [2.24, 2.45) is 0 Å².